The monoisotopic (exact) mass is 260 g/mol. The first-order valence-corrected chi connectivity index (χ1v) is 6.89. The maximum Gasteiger partial charge on any atom is 0.163 e. The van der Waals surface area contributed by atoms with Crippen molar-refractivity contribution in [3.8, 4) is 0 Å². The summed E-state index contributed by atoms with van der Waals surface area (Å²) in [5, 5.41) is 8.77. The number of fused-ring (bicyclic) bond motifs is 1. The molecule has 0 radical (unpaired) electrons. The van der Waals surface area contributed by atoms with Gasteiger partial charge in [0.1, 0.15) is 12.1 Å². The maximum atomic E-state index is 5.87. The van der Waals surface area contributed by atoms with Crippen LogP contribution in [0.15, 0.2) is 12.5 Å². The highest BCUT2D eigenvalue weighted by Crippen LogP contribution is 2.28. The molecule has 0 spiro atoms. The van der Waals surface area contributed by atoms with Gasteiger partial charge in [0.15, 0.2) is 5.65 Å². The van der Waals surface area contributed by atoms with E-state index in [1.807, 2.05) is 13.2 Å². The molecule has 0 saturated heterocycles. The lowest BCUT2D eigenvalue weighted by molar-refractivity contribution is 0.332. The Kier molecular flexibility index (Phi) is 3.33. The third-order valence-corrected chi connectivity index (χ3v) is 4.06. The van der Waals surface area contributed by atoms with Crippen molar-refractivity contribution in [3.05, 3.63) is 12.5 Å². The summed E-state index contributed by atoms with van der Waals surface area (Å²) < 4.78 is 1.77. The van der Waals surface area contributed by atoms with Crippen molar-refractivity contribution in [2.75, 3.05) is 11.9 Å². The van der Waals surface area contributed by atoms with E-state index in [9.17, 15) is 0 Å². The van der Waals surface area contributed by atoms with Crippen LogP contribution in [0, 0.1) is 5.92 Å². The van der Waals surface area contributed by atoms with Crippen molar-refractivity contribution in [1.82, 2.24) is 19.7 Å². The summed E-state index contributed by atoms with van der Waals surface area (Å²) in [7, 11) is 1.89. The van der Waals surface area contributed by atoms with Crippen LogP contribution in [0.1, 0.15) is 25.7 Å². The molecule has 0 aliphatic heterocycles. The minimum Gasteiger partial charge on any atom is -0.366 e. The molecule has 1 fully saturated rings. The molecule has 19 heavy (non-hydrogen) atoms. The molecule has 1 saturated carbocycles. The van der Waals surface area contributed by atoms with Gasteiger partial charge in [-0.3, -0.25) is 4.68 Å². The summed E-state index contributed by atoms with van der Waals surface area (Å²) in [5.41, 5.74) is 6.73. The van der Waals surface area contributed by atoms with Gasteiger partial charge in [0, 0.05) is 13.1 Å². The summed E-state index contributed by atoms with van der Waals surface area (Å²) in [4.78, 5) is 8.63. The molecule has 1 aliphatic rings. The van der Waals surface area contributed by atoms with Crippen LogP contribution in [0.5, 0.6) is 0 Å². The van der Waals surface area contributed by atoms with Gasteiger partial charge in [0.2, 0.25) is 0 Å². The number of nitrogens with one attached hydrogen (secondary N) is 1. The van der Waals surface area contributed by atoms with Crippen molar-refractivity contribution < 1.29 is 0 Å². The highest BCUT2D eigenvalue weighted by atomic mass is 15.3. The van der Waals surface area contributed by atoms with Crippen molar-refractivity contribution in [3.63, 3.8) is 0 Å². The highest BCUT2D eigenvalue weighted by Gasteiger charge is 2.24. The van der Waals surface area contributed by atoms with E-state index in [0.29, 0.717) is 12.0 Å². The number of aromatic nitrogens is 4. The average molecular weight is 260 g/mol. The lowest BCUT2D eigenvalue weighted by Crippen LogP contribution is -2.37. The standard InChI is InChI=1S/C13H20N6/c1-19-13-10(7-17-19)12(15-8-16-13)18-11-5-3-2-4-9(11)6-14/h7-9,11H,2-6,14H2,1H3,(H,15,16,18). The van der Waals surface area contributed by atoms with Gasteiger partial charge in [-0.15, -0.1) is 0 Å². The molecule has 6 heteroatoms. The molecule has 2 aromatic heterocycles. The quantitative estimate of drug-likeness (QED) is 0.869. The molecular weight excluding hydrogens is 240 g/mol. The van der Waals surface area contributed by atoms with Crippen molar-refractivity contribution in [2.24, 2.45) is 18.7 Å². The van der Waals surface area contributed by atoms with Crippen LogP contribution < -0.4 is 11.1 Å². The van der Waals surface area contributed by atoms with Crippen LogP contribution in [0.25, 0.3) is 11.0 Å². The SMILES string of the molecule is Cn1ncc2c(NC3CCCCC3CN)ncnc21. The highest BCUT2D eigenvalue weighted by molar-refractivity contribution is 5.86. The predicted octanol–water partition coefficient (Wildman–Crippen LogP) is 1.29. The van der Waals surface area contributed by atoms with E-state index >= 15 is 0 Å². The van der Waals surface area contributed by atoms with E-state index in [1.165, 1.54) is 19.3 Å². The number of nitrogens with two attached hydrogens (primary N) is 1. The minimum absolute atomic E-state index is 0.414. The van der Waals surface area contributed by atoms with E-state index in [-0.39, 0.29) is 0 Å². The van der Waals surface area contributed by atoms with Crippen LogP contribution >= 0.6 is 0 Å². The average Bonchev–Trinajstić information content (AvgIpc) is 2.82. The smallest absolute Gasteiger partial charge is 0.163 e. The van der Waals surface area contributed by atoms with Crippen LogP contribution in [0.2, 0.25) is 0 Å². The van der Waals surface area contributed by atoms with Crippen molar-refractivity contribution in [2.45, 2.75) is 31.7 Å². The summed E-state index contributed by atoms with van der Waals surface area (Å²) in [6.07, 6.45) is 8.31. The summed E-state index contributed by atoms with van der Waals surface area (Å²) in [5.74, 6) is 1.42. The summed E-state index contributed by atoms with van der Waals surface area (Å²) >= 11 is 0. The number of anilines is 1. The Morgan fingerprint density at radius 3 is 3.05 bits per heavy atom. The van der Waals surface area contributed by atoms with Gasteiger partial charge in [-0.1, -0.05) is 12.8 Å². The lowest BCUT2D eigenvalue weighted by atomic mass is 9.84. The molecule has 2 aromatic rings. The van der Waals surface area contributed by atoms with Gasteiger partial charge >= 0.3 is 0 Å². The van der Waals surface area contributed by atoms with Crippen molar-refractivity contribution >= 4 is 16.9 Å². The van der Waals surface area contributed by atoms with Crippen LogP contribution in [0.4, 0.5) is 5.82 Å². The Balaban J connectivity index is 1.88. The van der Waals surface area contributed by atoms with E-state index in [2.05, 4.69) is 20.4 Å². The minimum atomic E-state index is 0.414. The second kappa shape index (κ2) is 5.13. The van der Waals surface area contributed by atoms with Gasteiger partial charge in [0.05, 0.1) is 11.6 Å². The molecule has 0 amide bonds. The second-order valence-electron chi connectivity index (χ2n) is 5.26. The second-order valence-corrected chi connectivity index (χ2v) is 5.26. The zero-order valence-electron chi connectivity index (χ0n) is 11.2. The molecule has 2 unspecified atom stereocenters. The van der Waals surface area contributed by atoms with E-state index in [4.69, 9.17) is 5.73 Å². The Morgan fingerprint density at radius 2 is 2.21 bits per heavy atom. The molecule has 3 rings (SSSR count). The molecule has 1 aliphatic carbocycles. The van der Waals surface area contributed by atoms with E-state index in [0.717, 1.165) is 29.8 Å². The topological polar surface area (TPSA) is 81.7 Å². The largest absolute Gasteiger partial charge is 0.366 e. The lowest BCUT2D eigenvalue weighted by Gasteiger charge is -2.31. The summed E-state index contributed by atoms with van der Waals surface area (Å²) in [6.45, 7) is 0.735. The number of hydrogen-bond donors (Lipinski definition) is 2. The zero-order valence-corrected chi connectivity index (χ0v) is 11.2. The molecular formula is C13H20N6. The molecule has 0 aromatic carbocycles. The fraction of sp³-hybridized carbons (Fsp3) is 0.615. The zero-order chi connectivity index (χ0) is 13.2. The Bertz CT molecular complexity index is 563. The molecule has 2 heterocycles. The molecule has 0 bridgehead atoms. The fourth-order valence-corrected chi connectivity index (χ4v) is 2.93. The van der Waals surface area contributed by atoms with Crippen LogP contribution in [0.3, 0.4) is 0 Å². The predicted molar refractivity (Wildman–Crippen MR) is 74.7 cm³/mol. The van der Waals surface area contributed by atoms with Gasteiger partial charge in [-0.05, 0) is 25.3 Å². The Morgan fingerprint density at radius 1 is 1.37 bits per heavy atom. The molecule has 102 valence electrons. The fourth-order valence-electron chi connectivity index (χ4n) is 2.93. The number of nitrogens with zero attached hydrogens (tertiary/aromatic N) is 4. The van der Waals surface area contributed by atoms with Gasteiger partial charge in [-0.2, -0.15) is 5.10 Å². The first kappa shape index (κ1) is 12.3. The van der Waals surface area contributed by atoms with Gasteiger partial charge in [-0.25, -0.2) is 9.97 Å². The molecule has 6 nitrogen and oxygen atoms in total. The van der Waals surface area contributed by atoms with Crippen LogP contribution in [-0.2, 0) is 7.05 Å². The Hall–Kier alpha value is -1.69. The first-order valence-electron chi connectivity index (χ1n) is 6.89. The molecule has 3 N–H and O–H groups in total. The number of rotatable bonds is 3. The third-order valence-electron chi connectivity index (χ3n) is 4.06. The maximum absolute atomic E-state index is 5.87. The third kappa shape index (κ3) is 2.28. The van der Waals surface area contributed by atoms with Crippen molar-refractivity contribution in [1.29, 1.82) is 0 Å². The van der Waals surface area contributed by atoms with Crippen LogP contribution in [-0.4, -0.2) is 32.3 Å². The van der Waals surface area contributed by atoms with E-state index in [1.54, 1.807) is 11.0 Å². The normalized spacial score (nSPS) is 23.7. The number of aryl methyl sites for hydroxylation is 1. The van der Waals surface area contributed by atoms with E-state index < -0.39 is 0 Å². The van der Waals surface area contributed by atoms with Gasteiger partial charge < -0.3 is 11.1 Å². The molecule has 2 atom stereocenters. The van der Waals surface area contributed by atoms with Gasteiger partial charge in [0.25, 0.3) is 0 Å². The Labute approximate surface area is 112 Å². The summed E-state index contributed by atoms with van der Waals surface area (Å²) in [6, 6.07) is 0.414. The first-order chi connectivity index (χ1) is 9.29. The number of hydrogen-bond acceptors (Lipinski definition) is 5.